The van der Waals surface area contributed by atoms with Crippen LogP contribution in [0.15, 0.2) is 12.4 Å². The number of aromatic carboxylic acids is 1. The first kappa shape index (κ1) is 11.0. The molecular weight excluding hydrogens is 204 g/mol. The summed E-state index contributed by atoms with van der Waals surface area (Å²) in [4.78, 5) is 19.0. The highest BCUT2D eigenvalue weighted by Crippen LogP contribution is 2.37. The van der Waals surface area contributed by atoms with E-state index in [0.29, 0.717) is 5.92 Å². The van der Waals surface area contributed by atoms with E-state index in [1.807, 2.05) is 0 Å². The van der Waals surface area contributed by atoms with Crippen LogP contribution in [0.1, 0.15) is 54.7 Å². The molecule has 4 nitrogen and oxygen atoms in total. The Labute approximate surface area is 94.7 Å². The lowest BCUT2D eigenvalue weighted by Gasteiger charge is -2.08. The molecule has 0 amide bonds. The maximum absolute atomic E-state index is 10.7. The predicted octanol–water partition coefficient (Wildman–Crippen LogP) is 2.47. The van der Waals surface area contributed by atoms with Crippen LogP contribution >= 0.6 is 0 Å². The SMILES string of the molecule is CCC1CCC(c2ncc(C(=O)O)cn2)C1. The molecule has 2 unspecified atom stereocenters. The molecule has 1 aromatic rings. The Kier molecular flexibility index (Phi) is 3.17. The van der Waals surface area contributed by atoms with E-state index in [1.54, 1.807) is 0 Å². The van der Waals surface area contributed by atoms with Crippen molar-refractivity contribution >= 4 is 5.97 Å². The van der Waals surface area contributed by atoms with Gasteiger partial charge in [0.1, 0.15) is 5.82 Å². The smallest absolute Gasteiger partial charge is 0.338 e. The number of hydrogen-bond donors (Lipinski definition) is 1. The van der Waals surface area contributed by atoms with Gasteiger partial charge >= 0.3 is 5.97 Å². The molecule has 1 aliphatic rings. The molecule has 0 aliphatic heterocycles. The van der Waals surface area contributed by atoms with Crippen LogP contribution in [-0.4, -0.2) is 21.0 Å². The molecule has 1 N–H and O–H groups in total. The second kappa shape index (κ2) is 4.60. The topological polar surface area (TPSA) is 63.1 Å². The molecule has 1 heterocycles. The summed E-state index contributed by atoms with van der Waals surface area (Å²) in [5, 5.41) is 8.74. The van der Waals surface area contributed by atoms with Crippen LogP contribution < -0.4 is 0 Å². The Balaban J connectivity index is 2.08. The summed E-state index contributed by atoms with van der Waals surface area (Å²) < 4.78 is 0. The van der Waals surface area contributed by atoms with Gasteiger partial charge in [-0.3, -0.25) is 0 Å². The number of carbonyl (C=O) groups is 1. The minimum atomic E-state index is -0.968. The standard InChI is InChI=1S/C12H16N2O2/c1-2-8-3-4-9(5-8)11-13-6-10(7-14-11)12(15)16/h6-9H,2-5H2,1H3,(H,15,16). The molecule has 2 atom stereocenters. The maximum Gasteiger partial charge on any atom is 0.338 e. The highest BCUT2D eigenvalue weighted by molar-refractivity contribution is 5.86. The normalized spacial score (nSPS) is 24.6. The number of carboxylic acids is 1. The number of hydrogen-bond acceptors (Lipinski definition) is 3. The van der Waals surface area contributed by atoms with Crippen molar-refractivity contribution in [3.05, 3.63) is 23.8 Å². The van der Waals surface area contributed by atoms with E-state index in [0.717, 1.165) is 24.6 Å². The van der Waals surface area contributed by atoms with E-state index in [-0.39, 0.29) is 5.56 Å². The van der Waals surface area contributed by atoms with E-state index in [2.05, 4.69) is 16.9 Å². The molecule has 0 radical (unpaired) electrons. The minimum absolute atomic E-state index is 0.161. The molecule has 0 aromatic carbocycles. The monoisotopic (exact) mass is 220 g/mol. The van der Waals surface area contributed by atoms with Crippen molar-refractivity contribution in [3.63, 3.8) is 0 Å². The van der Waals surface area contributed by atoms with Gasteiger partial charge in [-0.05, 0) is 25.2 Å². The molecule has 4 heteroatoms. The fourth-order valence-electron chi connectivity index (χ4n) is 2.34. The zero-order chi connectivity index (χ0) is 11.5. The lowest BCUT2D eigenvalue weighted by atomic mass is 10.0. The average molecular weight is 220 g/mol. The number of carboxylic acid groups (broad SMARTS) is 1. The van der Waals surface area contributed by atoms with E-state index < -0.39 is 5.97 Å². The zero-order valence-electron chi connectivity index (χ0n) is 9.39. The second-order valence-corrected chi connectivity index (χ2v) is 4.42. The summed E-state index contributed by atoms with van der Waals surface area (Å²) in [6.07, 6.45) is 7.54. The average Bonchev–Trinajstić information content (AvgIpc) is 2.77. The molecule has 16 heavy (non-hydrogen) atoms. The maximum atomic E-state index is 10.7. The Morgan fingerprint density at radius 3 is 2.62 bits per heavy atom. The van der Waals surface area contributed by atoms with Crippen LogP contribution in [0.5, 0.6) is 0 Å². The van der Waals surface area contributed by atoms with Gasteiger partial charge < -0.3 is 5.11 Å². The van der Waals surface area contributed by atoms with Crippen LogP contribution in [0.2, 0.25) is 0 Å². The van der Waals surface area contributed by atoms with Crippen molar-refractivity contribution in [2.24, 2.45) is 5.92 Å². The zero-order valence-corrected chi connectivity index (χ0v) is 9.39. The van der Waals surface area contributed by atoms with Crippen molar-refractivity contribution in [1.82, 2.24) is 9.97 Å². The van der Waals surface area contributed by atoms with Crippen molar-refractivity contribution in [3.8, 4) is 0 Å². The third kappa shape index (κ3) is 2.21. The first-order chi connectivity index (χ1) is 7.70. The highest BCUT2D eigenvalue weighted by atomic mass is 16.4. The molecule has 1 aliphatic carbocycles. The first-order valence-electron chi connectivity index (χ1n) is 5.76. The molecule has 0 saturated heterocycles. The van der Waals surface area contributed by atoms with E-state index in [4.69, 9.17) is 5.11 Å². The Morgan fingerprint density at radius 2 is 2.12 bits per heavy atom. The van der Waals surface area contributed by atoms with E-state index in [9.17, 15) is 4.79 Å². The summed E-state index contributed by atoms with van der Waals surface area (Å²) in [6, 6.07) is 0. The fourth-order valence-corrected chi connectivity index (χ4v) is 2.34. The van der Waals surface area contributed by atoms with Gasteiger partial charge in [-0.25, -0.2) is 14.8 Å². The Bertz CT molecular complexity index is 375. The molecule has 86 valence electrons. The number of aromatic nitrogens is 2. The summed E-state index contributed by atoms with van der Waals surface area (Å²) in [5.41, 5.74) is 0.161. The van der Waals surface area contributed by atoms with Crippen LogP contribution in [0, 0.1) is 5.92 Å². The highest BCUT2D eigenvalue weighted by Gasteiger charge is 2.26. The summed E-state index contributed by atoms with van der Waals surface area (Å²) in [5.74, 6) is 1.05. The van der Waals surface area contributed by atoms with Gasteiger partial charge in [0.05, 0.1) is 5.56 Å². The van der Waals surface area contributed by atoms with Gasteiger partial charge in [0.15, 0.2) is 0 Å². The second-order valence-electron chi connectivity index (χ2n) is 4.42. The van der Waals surface area contributed by atoms with Gasteiger partial charge in [0, 0.05) is 18.3 Å². The summed E-state index contributed by atoms with van der Waals surface area (Å²) in [7, 11) is 0. The van der Waals surface area contributed by atoms with Gasteiger partial charge in [0.2, 0.25) is 0 Å². The third-order valence-corrected chi connectivity index (χ3v) is 3.40. The number of nitrogens with zero attached hydrogens (tertiary/aromatic N) is 2. The predicted molar refractivity (Wildman–Crippen MR) is 59.4 cm³/mol. The molecule has 1 aromatic heterocycles. The minimum Gasteiger partial charge on any atom is -0.478 e. The van der Waals surface area contributed by atoms with Crippen LogP contribution in [-0.2, 0) is 0 Å². The summed E-state index contributed by atoms with van der Waals surface area (Å²) >= 11 is 0. The van der Waals surface area contributed by atoms with E-state index in [1.165, 1.54) is 25.2 Å². The molecule has 1 fully saturated rings. The largest absolute Gasteiger partial charge is 0.478 e. The lowest BCUT2D eigenvalue weighted by molar-refractivity contribution is 0.0696. The van der Waals surface area contributed by atoms with Crippen molar-refractivity contribution in [1.29, 1.82) is 0 Å². The van der Waals surface area contributed by atoms with Crippen LogP contribution in [0.3, 0.4) is 0 Å². The lowest BCUT2D eigenvalue weighted by Crippen LogP contribution is -2.05. The molecule has 0 bridgehead atoms. The Morgan fingerprint density at radius 1 is 1.44 bits per heavy atom. The van der Waals surface area contributed by atoms with E-state index >= 15 is 0 Å². The molecular formula is C12H16N2O2. The summed E-state index contributed by atoms with van der Waals surface area (Å²) in [6.45, 7) is 2.21. The Hall–Kier alpha value is -1.45. The molecule has 2 rings (SSSR count). The van der Waals surface area contributed by atoms with Crippen molar-refractivity contribution < 1.29 is 9.90 Å². The molecule has 0 spiro atoms. The quantitative estimate of drug-likeness (QED) is 0.849. The van der Waals surface area contributed by atoms with Gasteiger partial charge in [-0.2, -0.15) is 0 Å². The third-order valence-electron chi connectivity index (χ3n) is 3.40. The van der Waals surface area contributed by atoms with Crippen LogP contribution in [0.4, 0.5) is 0 Å². The van der Waals surface area contributed by atoms with Crippen molar-refractivity contribution in [2.45, 2.75) is 38.5 Å². The number of rotatable bonds is 3. The van der Waals surface area contributed by atoms with Gasteiger partial charge in [-0.1, -0.05) is 13.3 Å². The first-order valence-corrected chi connectivity index (χ1v) is 5.76. The van der Waals surface area contributed by atoms with Gasteiger partial charge in [0.25, 0.3) is 0 Å². The molecule has 1 saturated carbocycles. The van der Waals surface area contributed by atoms with Crippen LogP contribution in [0.25, 0.3) is 0 Å². The van der Waals surface area contributed by atoms with Crippen molar-refractivity contribution in [2.75, 3.05) is 0 Å². The van der Waals surface area contributed by atoms with Gasteiger partial charge in [-0.15, -0.1) is 0 Å². The fraction of sp³-hybridized carbons (Fsp3) is 0.583.